The first-order valence-corrected chi connectivity index (χ1v) is 5.27. The van der Waals surface area contributed by atoms with E-state index in [1.165, 1.54) is 0 Å². The first kappa shape index (κ1) is 14.7. The van der Waals surface area contributed by atoms with Gasteiger partial charge in [-0.1, -0.05) is 18.9 Å². The van der Waals surface area contributed by atoms with Gasteiger partial charge in [0.05, 0.1) is 13.1 Å². The van der Waals surface area contributed by atoms with E-state index in [2.05, 4.69) is 15.5 Å². The van der Waals surface area contributed by atoms with Gasteiger partial charge < -0.3 is 15.1 Å². The third-order valence-electron chi connectivity index (χ3n) is 1.92. The van der Waals surface area contributed by atoms with Gasteiger partial charge >= 0.3 is 18.4 Å². The number of nitrogens with zero attached hydrogens (tertiary/aromatic N) is 2. The fraction of sp³-hybridized carbons (Fsp3) is 0.778. The summed E-state index contributed by atoms with van der Waals surface area (Å²) < 4.78 is 53.8. The highest BCUT2D eigenvalue weighted by atomic mass is 19.3. The van der Waals surface area contributed by atoms with E-state index in [0.717, 1.165) is 0 Å². The van der Waals surface area contributed by atoms with Crippen molar-refractivity contribution in [2.45, 2.75) is 38.8 Å². The molecule has 0 fully saturated rings. The summed E-state index contributed by atoms with van der Waals surface area (Å²) in [4.78, 5) is 0. The van der Waals surface area contributed by atoms with E-state index in [4.69, 9.17) is 4.42 Å². The molecule has 0 aliphatic heterocycles. The maximum Gasteiger partial charge on any atom is 0.324 e. The van der Waals surface area contributed by atoms with Crippen molar-refractivity contribution in [3.63, 3.8) is 0 Å². The lowest BCUT2D eigenvalue weighted by molar-refractivity contribution is -0.117. The van der Waals surface area contributed by atoms with Gasteiger partial charge in [0.25, 0.3) is 0 Å². The van der Waals surface area contributed by atoms with E-state index < -0.39 is 18.9 Å². The van der Waals surface area contributed by atoms with Crippen LogP contribution in [0.3, 0.4) is 0 Å². The van der Waals surface area contributed by atoms with Gasteiger partial charge in [-0.3, -0.25) is 0 Å². The standard InChI is InChI=1S/C9H14F4N4O/c1-5(2)14-3-6-16-17-8(18-6)15-4-9(12,13)7(10)11/h5,7,14H,3-4H2,1-2H3,(H,15,17). The Kier molecular flexibility index (Phi) is 4.88. The van der Waals surface area contributed by atoms with E-state index >= 15 is 0 Å². The van der Waals surface area contributed by atoms with Crippen molar-refractivity contribution in [1.82, 2.24) is 15.5 Å². The van der Waals surface area contributed by atoms with Crippen molar-refractivity contribution in [2.75, 3.05) is 11.9 Å². The van der Waals surface area contributed by atoms with E-state index in [1.54, 1.807) is 0 Å². The Balaban J connectivity index is 2.44. The first-order chi connectivity index (χ1) is 8.31. The summed E-state index contributed by atoms with van der Waals surface area (Å²) in [6.07, 6.45) is -3.74. The van der Waals surface area contributed by atoms with Crippen molar-refractivity contribution < 1.29 is 22.0 Å². The Labute approximate surface area is 101 Å². The minimum Gasteiger partial charge on any atom is -0.407 e. The minimum atomic E-state index is -4.13. The van der Waals surface area contributed by atoms with Gasteiger partial charge in [0.15, 0.2) is 0 Å². The molecule has 9 heteroatoms. The van der Waals surface area contributed by atoms with Gasteiger partial charge in [-0.25, -0.2) is 8.78 Å². The molecule has 0 saturated heterocycles. The maximum atomic E-state index is 12.6. The number of aromatic nitrogens is 2. The average Bonchev–Trinajstić information content (AvgIpc) is 2.71. The molecule has 0 bridgehead atoms. The highest BCUT2D eigenvalue weighted by Gasteiger charge is 2.40. The topological polar surface area (TPSA) is 63.0 Å². The predicted molar refractivity (Wildman–Crippen MR) is 55.7 cm³/mol. The predicted octanol–water partition coefficient (Wildman–Crippen LogP) is 1.88. The lowest BCUT2D eigenvalue weighted by Gasteiger charge is -2.14. The number of anilines is 1. The minimum absolute atomic E-state index is 0.187. The molecule has 1 rings (SSSR count). The number of alkyl halides is 4. The van der Waals surface area contributed by atoms with Crippen molar-refractivity contribution >= 4 is 6.01 Å². The van der Waals surface area contributed by atoms with Crippen LogP contribution in [-0.2, 0) is 6.54 Å². The normalized spacial score (nSPS) is 12.4. The van der Waals surface area contributed by atoms with Crippen LogP contribution >= 0.6 is 0 Å². The van der Waals surface area contributed by atoms with Crippen LogP contribution in [0.25, 0.3) is 0 Å². The highest BCUT2D eigenvalue weighted by molar-refractivity contribution is 5.17. The second kappa shape index (κ2) is 5.98. The Bertz CT molecular complexity index is 369. The smallest absolute Gasteiger partial charge is 0.324 e. The van der Waals surface area contributed by atoms with Crippen LogP contribution in [-0.4, -0.2) is 35.1 Å². The third-order valence-corrected chi connectivity index (χ3v) is 1.92. The summed E-state index contributed by atoms with van der Waals surface area (Å²) in [7, 11) is 0. The zero-order valence-corrected chi connectivity index (χ0v) is 9.88. The van der Waals surface area contributed by atoms with Gasteiger partial charge in [-0.05, 0) is 0 Å². The van der Waals surface area contributed by atoms with Crippen LogP contribution in [0.15, 0.2) is 4.42 Å². The molecular formula is C9H14F4N4O. The molecule has 0 aliphatic carbocycles. The molecule has 0 saturated carbocycles. The fourth-order valence-electron chi connectivity index (χ4n) is 0.959. The zero-order valence-electron chi connectivity index (χ0n) is 9.88. The molecule has 5 nitrogen and oxygen atoms in total. The molecule has 1 aromatic rings. The van der Waals surface area contributed by atoms with Gasteiger partial charge in [0, 0.05) is 6.04 Å². The molecule has 0 aliphatic rings. The molecule has 1 aromatic heterocycles. The second-order valence-electron chi connectivity index (χ2n) is 3.95. The molecule has 0 spiro atoms. The molecule has 0 amide bonds. The lowest BCUT2D eigenvalue weighted by Crippen LogP contribution is -2.34. The molecule has 1 heterocycles. The van der Waals surface area contributed by atoms with Crippen molar-refractivity contribution in [2.24, 2.45) is 0 Å². The van der Waals surface area contributed by atoms with Gasteiger partial charge in [0.1, 0.15) is 0 Å². The lowest BCUT2D eigenvalue weighted by atomic mass is 10.3. The van der Waals surface area contributed by atoms with Crippen LogP contribution in [0, 0.1) is 0 Å². The summed E-state index contributed by atoms with van der Waals surface area (Å²) in [5.74, 6) is -3.95. The molecule has 2 N–H and O–H groups in total. The summed E-state index contributed by atoms with van der Waals surface area (Å²) in [5.41, 5.74) is 0. The largest absolute Gasteiger partial charge is 0.407 e. The van der Waals surface area contributed by atoms with Gasteiger partial charge in [0.2, 0.25) is 5.89 Å². The third kappa shape index (κ3) is 4.47. The summed E-state index contributed by atoms with van der Waals surface area (Å²) >= 11 is 0. The van der Waals surface area contributed by atoms with Crippen molar-refractivity contribution in [3.8, 4) is 0 Å². The number of hydrogen-bond donors (Lipinski definition) is 2. The van der Waals surface area contributed by atoms with Crippen LogP contribution in [0.5, 0.6) is 0 Å². The quantitative estimate of drug-likeness (QED) is 0.741. The van der Waals surface area contributed by atoms with Crippen LogP contribution in [0.4, 0.5) is 23.6 Å². The zero-order chi connectivity index (χ0) is 13.8. The molecular weight excluding hydrogens is 256 g/mol. The Hall–Kier alpha value is -1.38. The van der Waals surface area contributed by atoms with Crippen LogP contribution < -0.4 is 10.6 Å². The monoisotopic (exact) mass is 270 g/mol. The number of nitrogens with one attached hydrogen (secondary N) is 2. The van der Waals surface area contributed by atoms with E-state index in [9.17, 15) is 17.6 Å². The average molecular weight is 270 g/mol. The van der Waals surface area contributed by atoms with Crippen molar-refractivity contribution in [1.29, 1.82) is 0 Å². The van der Waals surface area contributed by atoms with Crippen LogP contribution in [0.1, 0.15) is 19.7 Å². The molecule has 0 aromatic carbocycles. The van der Waals surface area contributed by atoms with E-state index in [1.807, 2.05) is 19.2 Å². The molecule has 0 unspecified atom stereocenters. The first-order valence-electron chi connectivity index (χ1n) is 5.27. The SMILES string of the molecule is CC(C)NCc1nnc(NCC(F)(F)C(F)F)o1. The highest BCUT2D eigenvalue weighted by Crippen LogP contribution is 2.23. The summed E-state index contributed by atoms with van der Waals surface area (Å²) in [6.45, 7) is 2.82. The molecule has 0 atom stereocenters. The van der Waals surface area contributed by atoms with E-state index in [-0.39, 0.29) is 24.5 Å². The summed E-state index contributed by atoms with van der Waals surface area (Å²) in [6, 6.07) is -0.118. The summed E-state index contributed by atoms with van der Waals surface area (Å²) in [5, 5.41) is 11.9. The fourth-order valence-corrected chi connectivity index (χ4v) is 0.959. The molecule has 104 valence electrons. The number of rotatable bonds is 7. The number of hydrogen-bond acceptors (Lipinski definition) is 5. The van der Waals surface area contributed by atoms with Gasteiger partial charge in [-0.15, -0.1) is 5.10 Å². The Morgan fingerprint density at radius 1 is 1.28 bits per heavy atom. The maximum absolute atomic E-state index is 12.6. The van der Waals surface area contributed by atoms with E-state index in [0.29, 0.717) is 0 Å². The Morgan fingerprint density at radius 2 is 1.94 bits per heavy atom. The second-order valence-corrected chi connectivity index (χ2v) is 3.95. The molecule has 18 heavy (non-hydrogen) atoms. The van der Waals surface area contributed by atoms with Crippen molar-refractivity contribution in [3.05, 3.63) is 5.89 Å². The Morgan fingerprint density at radius 3 is 2.50 bits per heavy atom. The van der Waals surface area contributed by atoms with Gasteiger partial charge in [-0.2, -0.15) is 8.78 Å². The number of halogens is 4. The van der Waals surface area contributed by atoms with Crippen LogP contribution in [0.2, 0.25) is 0 Å². The molecule has 0 radical (unpaired) electrons.